The first-order valence-electron chi connectivity index (χ1n) is 8.15. The minimum absolute atomic E-state index is 0.0569. The van der Waals surface area contributed by atoms with Gasteiger partial charge in [0.1, 0.15) is 11.6 Å². The summed E-state index contributed by atoms with van der Waals surface area (Å²) in [5.74, 6) is 2.08. The summed E-state index contributed by atoms with van der Waals surface area (Å²) >= 11 is 0. The zero-order valence-electron chi connectivity index (χ0n) is 12.8. The number of carbonyl (C=O) groups is 1. The van der Waals surface area contributed by atoms with Crippen LogP contribution in [0.25, 0.3) is 0 Å². The highest BCUT2D eigenvalue weighted by Gasteiger charge is 2.41. The summed E-state index contributed by atoms with van der Waals surface area (Å²) in [4.78, 5) is 11.8. The number of fused-ring (bicyclic) bond motifs is 1. The predicted octanol–water partition coefficient (Wildman–Crippen LogP) is 1.65. The maximum Gasteiger partial charge on any atom is 0.314 e. The van der Waals surface area contributed by atoms with Crippen molar-refractivity contribution in [1.29, 1.82) is 0 Å². The van der Waals surface area contributed by atoms with Gasteiger partial charge in [0.15, 0.2) is 0 Å². The molecule has 21 heavy (non-hydrogen) atoms. The molecule has 2 heterocycles. The molecule has 116 valence electrons. The summed E-state index contributed by atoms with van der Waals surface area (Å²) in [7, 11) is 0. The van der Waals surface area contributed by atoms with Crippen molar-refractivity contribution >= 4 is 6.03 Å². The Balaban J connectivity index is 1.36. The van der Waals surface area contributed by atoms with E-state index in [1.54, 1.807) is 0 Å². The summed E-state index contributed by atoms with van der Waals surface area (Å²) in [5.41, 5.74) is 0.403. The van der Waals surface area contributed by atoms with Crippen LogP contribution in [0.1, 0.15) is 50.7 Å². The van der Waals surface area contributed by atoms with Gasteiger partial charge in [0, 0.05) is 32.5 Å². The molecular weight excluding hydrogens is 266 g/mol. The number of hydrogen-bond donors (Lipinski definition) is 2. The largest absolute Gasteiger partial charge is 0.338 e. The van der Waals surface area contributed by atoms with E-state index in [0.717, 1.165) is 44.0 Å². The Morgan fingerprint density at radius 1 is 1.33 bits per heavy atom. The van der Waals surface area contributed by atoms with Crippen LogP contribution >= 0.6 is 0 Å². The van der Waals surface area contributed by atoms with Gasteiger partial charge in [0.2, 0.25) is 0 Å². The van der Waals surface area contributed by atoms with Gasteiger partial charge in [-0.2, -0.15) is 0 Å². The molecule has 1 aliphatic heterocycles. The number of amides is 2. The van der Waals surface area contributed by atoms with Crippen molar-refractivity contribution in [3.63, 3.8) is 0 Å². The predicted molar refractivity (Wildman–Crippen MR) is 80.0 cm³/mol. The van der Waals surface area contributed by atoms with Crippen LogP contribution in [0.5, 0.6) is 0 Å². The lowest BCUT2D eigenvalue weighted by molar-refractivity contribution is 0.237. The monoisotopic (exact) mass is 291 g/mol. The average Bonchev–Trinajstić information content (AvgIpc) is 2.92. The third-order valence-electron chi connectivity index (χ3n) is 4.68. The van der Waals surface area contributed by atoms with Gasteiger partial charge in [-0.15, -0.1) is 10.2 Å². The molecule has 2 N–H and O–H groups in total. The van der Waals surface area contributed by atoms with Gasteiger partial charge >= 0.3 is 6.03 Å². The Bertz CT molecular complexity index is 506. The maximum atomic E-state index is 11.8. The molecule has 1 aromatic heterocycles. The van der Waals surface area contributed by atoms with Crippen LogP contribution in [0.4, 0.5) is 4.79 Å². The fraction of sp³-hybridized carbons (Fsp3) is 0.800. The van der Waals surface area contributed by atoms with Gasteiger partial charge in [-0.05, 0) is 31.1 Å². The Hall–Kier alpha value is -1.59. The number of urea groups is 1. The zero-order valence-corrected chi connectivity index (χ0v) is 12.8. The molecule has 2 aliphatic rings. The van der Waals surface area contributed by atoms with Crippen LogP contribution in [0, 0.1) is 5.41 Å². The molecule has 2 amide bonds. The van der Waals surface area contributed by atoms with Crippen LogP contribution < -0.4 is 10.6 Å². The normalized spacial score (nSPS) is 18.3. The van der Waals surface area contributed by atoms with Crippen molar-refractivity contribution in [1.82, 2.24) is 25.4 Å². The summed E-state index contributed by atoms with van der Waals surface area (Å²) < 4.78 is 2.18. The Kier molecular flexibility index (Phi) is 4.12. The molecule has 0 radical (unpaired) electrons. The van der Waals surface area contributed by atoms with E-state index in [1.165, 1.54) is 25.7 Å². The van der Waals surface area contributed by atoms with Gasteiger partial charge in [0.05, 0.1) is 0 Å². The summed E-state index contributed by atoms with van der Waals surface area (Å²) in [6.45, 7) is 4.65. The third kappa shape index (κ3) is 3.36. The zero-order chi connectivity index (χ0) is 14.7. The fourth-order valence-corrected chi connectivity index (χ4v) is 3.24. The van der Waals surface area contributed by atoms with Crippen molar-refractivity contribution in [3.05, 3.63) is 11.6 Å². The minimum Gasteiger partial charge on any atom is -0.338 e. The van der Waals surface area contributed by atoms with Crippen molar-refractivity contribution in [2.75, 3.05) is 13.1 Å². The Morgan fingerprint density at radius 2 is 2.19 bits per heavy atom. The van der Waals surface area contributed by atoms with E-state index in [2.05, 4.69) is 32.3 Å². The SMILES string of the molecule is CCCC1(CNC(=O)NCCc2nnc3n2CCC3)CC1. The van der Waals surface area contributed by atoms with E-state index in [-0.39, 0.29) is 6.03 Å². The van der Waals surface area contributed by atoms with E-state index < -0.39 is 0 Å². The second-order valence-electron chi connectivity index (χ2n) is 6.40. The molecule has 0 saturated heterocycles. The molecule has 6 heteroatoms. The number of aromatic nitrogens is 3. The van der Waals surface area contributed by atoms with E-state index in [9.17, 15) is 4.79 Å². The highest BCUT2D eigenvalue weighted by Crippen LogP contribution is 2.48. The van der Waals surface area contributed by atoms with E-state index in [4.69, 9.17) is 0 Å². The first-order chi connectivity index (χ1) is 10.2. The molecular formula is C15H25N5O. The number of aryl methyl sites for hydroxylation is 1. The van der Waals surface area contributed by atoms with Crippen molar-refractivity contribution < 1.29 is 4.79 Å². The van der Waals surface area contributed by atoms with Crippen LogP contribution in [-0.4, -0.2) is 33.9 Å². The van der Waals surface area contributed by atoms with Gasteiger partial charge < -0.3 is 15.2 Å². The van der Waals surface area contributed by atoms with Crippen LogP contribution in [0.3, 0.4) is 0 Å². The van der Waals surface area contributed by atoms with Crippen LogP contribution in [0.15, 0.2) is 0 Å². The first-order valence-corrected chi connectivity index (χ1v) is 8.15. The molecule has 6 nitrogen and oxygen atoms in total. The van der Waals surface area contributed by atoms with Crippen LogP contribution in [-0.2, 0) is 19.4 Å². The van der Waals surface area contributed by atoms with E-state index in [0.29, 0.717) is 12.0 Å². The molecule has 0 bridgehead atoms. The molecule has 1 saturated carbocycles. The Morgan fingerprint density at radius 3 is 2.95 bits per heavy atom. The highest BCUT2D eigenvalue weighted by molar-refractivity contribution is 5.73. The van der Waals surface area contributed by atoms with Crippen molar-refractivity contribution in [2.45, 2.75) is 58.4 Å². The highest BCUT2D eigenvalue weighted by atomic mass is 16.2. The smallest absolute Gasteiger partial charge is 0.314 e. The fourth-order valence-electron chi connectivity index (χ4n) is 3.24. The molecule has 0 aromatic carbocycles. The molecule has 1 aliphatic carbocycles. The number of rotatable bonds is 7. The maximum absolute atomic E-state index is 11.8. The lowest BCUT2D eigenvalue weighted by Gasteiger charge is -2.15. The average molecular weight is 291 g/mol. The van der Waals surface area contributed by atoms with Gasteiger partial charge in [-0.25, -0.2) is 4.79 Å². The number of hydrogen-bond acceptors (Lipinski definition) is 3. The molecule has 0 atom stereocenters. The summed E-state index contributed by atoms with van der Waals surface area (Å²) in [6, 6.07) is -0.0569. The molecule has 0 unspecified atom stereocenters. The topological polar surface area (TPSA) is 71.8 Å². The third-order valence-corrected chi connectivity index (χ3v) is 4.68. The second kappa shape index (κ2) is 6.03. The van der Waals surface area contributed by atoms with E-state index in [1.807, 2.05) is 0 Å². The van der Waals surface area contributed by atoms with Gasteiger partial charge in [-0.1, -0.05) is 13.3 Å². The standard InChI is InChI=1S/C15H25N5O/c1-2-6-15(7-8-15)11-17-14(21)16-9-5-13-19-18-12-4-3-10-20(12)13/h2-11H2,1H3,(H2,16,17,21). The lowest BCUT2D eigenvalue weighted by Crippen LogP contribution is -2.39. The lowest BCUT2D eigenvalue weighted by atomic mass is 10.0. The molecule has 1 aromatic rings. The molecule has 3 rings (SSSR count). The number of nitrogens with one attached hydrogen (secondary N) is 2. The first kappa shape index (κ1) is 14.4. The van der Waals surface area contributed by atoms with Crippen LogP contribution in [0.2, 0.25) is 0 Å². The Labute approximate surface area is 125 Å². The molecule has 1 fully saturated rings. The number of carbonyl (C=O) groups excluding carboxylic acids is 1. The van der Waals surface area contributed by atoms with Gasteiger partial charge in [-0.3, -0.25) is 0 Å². The second-order valence-corrected chi connectivity index (χ2v) is 6.40. The summed E-state index contributed by atoms with van der Waals surface area (Å²) in [6.07, 6.45) is 7.87. The van der Waals surface area contributed by atoms with Gasteiger partial charge in [0.25, 0.3) is 0 Å². The van der Waals surface area contributed by atoms with E-state index >= 15 is 0 Å². The summed E-state index contributed by atoms with van der Waals surface area (Å²) in [5, 5.41) is 14.3. The number of nitrogens with zero attached hydrogens (tertiary/aromatic N) is 3. The molecule has 0 spiro atoms. The quantitative estimate of drug-likeness (QED) is 0.802. The minimum atomic E-state index is -0.0569. The van der Waals surface area contributed by atoms with Crippen molar-refractivity contribution in [2.24, 2.45) is 5.41 Å². The van der Waals surface area contributed by atoms with Crippen molar-refractivity contribution in [3.8, 4) is 0 Å².